The topological polar surface area (TPSA) is 63.2 Å². The van der Waals surface area contributed by atoms with Gasteiger partial charge in [-0.05, 0) is 69.7 Å². The summed E-state index contributed by atoms with van der Waals surface area (Å²) in [7, 11) is 1.54. The average Bonchev–Trinajstić information content (AvgIpc) is 3.14. The lowest BCUT2D eigenvalue weighted by Gasteiger charge is -2.26. The molecule has 21 heavy (non-hydrogen) atoms. The molecule has 0 heterocycles. The first-order valence-corrected chi connectivity index (χ1v) is 9.22. The van der Waals surface area contributed by atoms with E-state index in [-0.39, 0.29) is 16.3 Å². The van der Waals surface area contributed by atoms with E-state index in [1.165, 1.54) is 12.1 Å². The molecule has 1 aromatic rings. The molecule has 0 aromatic heterocycles. The summed E-state index contributed by atoms with van der Waals surface area (Å²) >= 11 is 0. The van der Waals surface area contributed by atoms with Crippen molar-refractivity contribution in [2.45, 2.75) is 51.0 Å². The zero-order valence-corrected chi connectivity index (χ0v) is 14.2. The predicted molar refractivity (Wildman–Crippen MR) is 83.2 cm³/mol. The Kier molecular flexibility index (Phi) is 4.10. The van der Waals surface area contributed by atoms with Crippen LogP contribution in [0.5, 0.6) is 0 Å². The average molecular weight is 330 g/mol. The molecule has 0 saturated heterocycles. The van der Waals surface area contributed by atoms with Gasteiger partial charge in [0.15, 0.2) is 0 Å². The van der Waals surface area contributed by atoms with E-state index < -0.39 is 9.05 Å². The number of hydrogen-bond donors (Lipinski definition) is 1. The normalized spacial score (nSPS) is 15.9. The van der Waals surface area contributed by atoms with Gasteiger partial charge in [0.25, 0.3) is 15.0 Å². The molecule has 2 rings (SSSR count). The van der Waals surface area contributed by atoms with Crippen LogP contribution in [0.3, 0.4) is 0 Å². The Hall–Kier alpha value is -1.07. The van der Waals surface area contributed by atoms with Crippen molar-refractivity contribution in [2.24, 2.45) is 5.92 Å². The van der Waals surface area contributed by atoms with Gasteiger partial charge in [-0.15, -0.1) is 0 Å². The second-order valence-electron chi connectivity index (χ2n) is 6.30. The van der Waals surface area contributed by atoms with Crippen LogP contribution in [-0.4, -0.2) is 19.9 Å². The molecular weight excluding hydrogens is 310 g/mol. The molecule has 0 unspecified atom stereocenters. The molecule has 1 aliphatic carbocycles. The number of carbonyl (C=O) groups excluding carboxylic acids is 1. The van der Waals surface area contributed by atoms with Crippen molar-refractivity contribution >= 4 is 25.6 Å². The van der Waals surface area contributed by atoms with Crippen LogP contribution in [0, 0.1) is 19.8 Å². The standard InChI is InChI=1S/C15H20ClNO3S/c1-9-7-12(21(16,19)20)8-13(10(9)2)14(18)17-15(3,4)11-5-6-11/h7-8,11H,5-6H2,1-4H3,(H,17,18). The highest BCUT2D eigenvalue weighted by molar-refractivity contribution is 8.13. The van der Waals surface area contributed by atoms with E-state index >= 15 is 0 Å². The lowest BCUT2D eigenvalue weighted by atomic mass is 9.96. The number of carbonyl (C=O) groups is 1. The fourth-order valence-corrected chi connectivity index (χ4v) is 3.31. The van der Waals surface area contributed by atoms with Crippen LogP contribution >= 0.6 is 10.7 Å². The smallest absolute Gasteiger partial charge is 0.261 e. The lowest BCUT2D eigenvalue weighted by molar-refractivity contribution is 0.0902. The number of halogens is 1. The second kappa shape index (κ2) is 5.29. The summed E-state index contributed by atoms with van der Waals surface area (Å²) in [5.74, 6) is 0.234. The summed E-state index contributed by atoms with van der Waals surface area (Å²) in [5, 5.41) is 3.00. The molecule has 0 atom stereocenters. The van der Waals surface area contributed by atoms with Crippen molar-refractivity contribution in [3.8, 4) is 0 Å². The van der Waals surface area contributed by atoms with Crippen LogP contribution in [0.4, 0.5) is 0 Å². The minimum Gasteiger partial charge on any atom is -0.347 e. The first kappa shape index (κ1) is 16.3. The van der Waals surface area contributed by atoms with Gasteiger partial charge >= 0.3 is 0 Å². The van der Waals surface area contributed by atoms with Crippen LogP contribution in [0.1, 0.15) is 48.2 Å². The minimum atomic E-state index is -3.85. The van der Waals surface area contributed by atoms with Crippen LogP contribution in [0.15, 0.2) is 17.0 Å². The maximum absolute atomic E-state index is 12.5. The highest BCUT2D eigenvalue weighted by Crippen LogP contribution is 2.39. The van der Waals surface area contributed by atoms with Gasteiger partial charge in [-0.1, -0.05) is 0 Å². The summed E-state index contributed by atoms with van der Waals surface area (Å²) in [6.45, 7) is 7.56. The van der Waals surface area contributed by atoms with E-state index in [9.17, 15) is 13.2 Å². The number of amides is 1. The van der Waals surface area contributed by atoms with Crippen molar-refractivity contribution in [3.05, 3.63) is 28.8 Å². The summed E-state index contributed by atoms with van der Waals surface area (Å²) in [4.78, 5) is 12.5. The van der Waals surface area contributed by atoms with Gasteiger partial charge in [0, 0.05) is 21.8 Å². The molecular formula is C15H20ClNO3S. The third-order valence-corrected chi connectivity index (χ3v) is 5.53. The van der Waals surface area contributed by atoms with E-state index in [0.717, 1.165) is 24.0 Å². The Morgan fingerprint density at radius 3 is 2.33 bits per heavy atom. The fraction of sp³-hybridized carbons (Fsp3) is 0.533. The van der Waals surface area contributed by atoms with Crippen LogP contribution in [0.25, 0.3) is 0 Å². The zero-order chi connectivity index (χ0) is 16.0. The quantitative estimate of drug-likeness (QED) is 0.863. The highest BCUT2D eigenvalue weighted by atomic mass is 35.7. The zero-order valence-electron chi connectivity index (χ0n) is 12.7. The van der Waals surface area contributed by atoms with Crippen LogP contribution in [0.2, 0.25) is 0 Å². The van der Waals surface area contributed by atoms with Gasteiger partial charge in [0.2, 0.25) is 0 Å². The maximum Gasteiger partial charge on any atom is 0.261 e. The van der Waals surface area contributed by atoms with Crippen molar-refractivity contribution in [3.63, 3.8) is 0 Å². The van der Waals surface area contributed by atoms with Crippen molar-refractivity contribution in [1.29, 1.82) is 0 Å². The molecule has 1 aromatic carbocycles. The van der Waals surface area contributed by atoms with E-state index in [4.69, 9.17) is 10.7 Å². The fourth-order valence-electron chi connectivity index (χ4n) is 2.47. The molecule has 6 heteroatoms. The molecule has 1 aliphatic rings. The highest BCUT2D eigenvalue weighted by Gasteiger charge is 2.39. The molecule has 0 bridgehead atoms. The van der Waals surface area contributed by atoms with E-state index in [1.807, 2.05) is 13.8 Å². The first-order valence-electron chi connectivity index (χ1n) is 6.91. The monoisotopic (exact) mass is 329 g/mol. The summed E-state index contributed by atoms with van der Waals surface area (Å²) in [6, 6.07) is 2.84. The van der Waals surface area contributed by atoms with Crippen molar-refractivity contribution < 1.29 is 13.2 Å². The number of rotatable bonds is 4. The van der Waals surface area contributed by atoms with Gasteiger partial charge < -0.3 is 5.32 Å². The molecule has 1 N–H and O–H groups in total. The predicted octanol–water partition coefficient (Wildman–Crippen LogP) is 3.15. The van der Waals surface area contributed by atoms with Crippen LogP contribution < -0.4 is 5.32 Å². The number of hydrogen-bond acceptors (Lipinski definition) is 3. The molecule has 0 aliphatic heterocycles. The minimum absolute atomic E-state index is 0.0401. The summed E-state index contributed by atoms with van der Waals surface area (Å²) < 4.78 is 23.0. The second-order valence-corrected chi connectivity index (χ2v) is 8.87. The van der Waals surface area contributed by atoms with Gasteiger partial charge in [-0.3, -0.25) is 4.79 Å². The Bertz CT molecular complexity index is 691. The molecule has 4 nitrogen and oxygen atoms in total. The molecule has 1 amide bonds. The number of aryl methyl sites for hydroxylation is 1. The van der Waals surface area contributed by atoms with Crippen molar-refractivity contribution in [2.75, 3.05) is 0 Å². The number of nitrogens with one attached hydrogen (secondary N) is 1. The molecule has 1 fully saturated rings. The van der Waals surface area contributed by atoms with Gasteiger partial charge in [0.05, 0.1) is 4.90 Å². The van der Waals surface area contributed by atoms with Gasteiger partial charge in [0.1, 0.15) is 0 Å². The Labute approximate surface area is 130 Å². The first-order chi connectivity index (χ1) is 9.52. The largest absolute Gasteiger partial charge is 0.347 e. The molecule has 0 spiro atoms. The summed E-state index contributed by atoms with van der Waals surface area (Å²) in [5.41, 5.74) is 1.57. The Balaban J connectivity index is 2.38. The molecule has 0 radical (unpaired) electrons. The van der Waals surface area contributed by atoms with Crippen molar-refractivity contribution in [1.82, 2.24) is 5.32 Å². The molecule has 1 saturated carbocycles. The summed E-state index contributed by atoms with van der Waals surface area (Å²) in [6.07, 6.45) is 2.22. The SMILES string of the molecule is Cc1cc(S(=O)(=O)Cl)cc(C(=O)NC(C)(C)C2CC2)c1C. The Morgan fingerprint density at radius 1 is 1.29 bits per heavy atom. The van der Waals surface area contributed by atoms with Crippen LogP contribution in [-0.2, 0) is 9.05 Å². The van der Waals surface area contributed by atoms with E-state index in [0.29, 0.717) is 11.5 Å². The molecule has 116 valence electrons. The van der Waals surface area contributed by atoms with E-state index in [1.54, 1.807) is 13.8 Å². The lowest BCUT2D eigenvalue weighted by Crippen LogP contribution is -2.45. The van der Waals surface area contributed by atoms with E-state index in [2.05, 4.69) is 5.32 Å². The van der Waals surface area contributed by atoms with Gasteiger partial charge in [-0.25, -0.2) is 8.42 Å². The maximum atomic E-state index is 12.5. The third kappa shape index (κ3) is 3.58. The van der Waals surface area contributed by atoms with Gasteiger partial charge in [-0.2, -0.15) is 0 Å². The Morgan fingerprint density at radius 2 is 1.86 bits per heavy atom. The number of benzene rings is 1. The third-order valence-electron chi connectivity index (χ3n) is 4.20.